The fourth-order valence-electron chi connectivity index (χ4n) is 3.85. The summed E-state index contributed by atoms with van der Waals surface area (Å²) in [4.78, 5) is 26.6. The SMILES string of the molecule is COCCN1C(=O)CS(=O)(=O)C12CCN(C(=O)C1CCC1)CC2. The summed E-state index contributed by atoms with van der Waals surface area (Å²) in [5.41, 5.74) is 0. The van der Waals surface area contributed by atoms with Crippen LogP contribution in [0.4, 0.5) is 0 Å². The van der Waals surface area contributed by atoms with Gasteiger partial charge in [0.2, 0.25) is 11.8 Å². The van der Waals surface area contributed by atoms with Gasteiger partial charge < -0.3 is 14.5 Å². The molecule has 0 aromatic carbocycles. The normalized spacial score (nSPS) is 26.6. The summed E-state index contributed by atoms with van der Waals surface area (Å²) in [7, 11) is -1.99. The Morgan fingerprint density at radius 1 is 1.30 bits per heavy atom. The first-order valence-electron chi connectivity index (χ1n) is 8.22. The van der Waals surface area contributed by atoms with E-state index in [1.54, 1.807) is 4.90 Å². The molecule has 23 heavy (non-hydrogen) atoms. The van der Waals surface area contributed by atoms with Gasteiger partial charge in [-0.15, -0.1) is 0 Å². The van der Waals surface area contributed by atoms with Crippen molar-refractivity contribution in [2.45, 2.75) is 37.0 Å². The van der Waals surface area contributed by atoms with Gasteiger partial charge in [-0.25, -0.2) is 8.42 Å². The Balaban J connectivity index is 1.75. The fourth-order valence-corrected chi connectivity index (χ4v) is 5.93. The molecular weight excluding hydrogens is 320 g/mol. The predicted octanol–water partition coefficient (Wildman–Crippen LogP) is 0.00860. The zero-order chi connectivity index (χ0) is 16.7. The van der Waals surface area contributed by atoms with Crippen LogP contribution in [0, 0.1) is 5.92 Å². The molecule has 1 saturated carbocycles. The van der Waals surface area contributed by atoms with Crippen molar-refractivity contribution in [3.05, 3.63) is 0 Å². The van der Waals surface area contributed by atoms with Crippen LogP contribution in [-0.4, -0.2) is 74.0 Å². The van der Waals surface area contributed by atoms with Crippen molar-refractivity contribution >= 4 is 21.7 Å². The van der Waals surface area contributed by atoms with Crippen LogP contribution in [0.3, 0.4) is 0 Å². The fraction of sp³-hybridized carbons (Fsp3) is 0.867. The molecule has 0 atom stereocenters. The van der Waals surface area contributed by atoms with Crippen LogP contribution >= 0.6 is 0 Å². The minimum Gasteiger partial charge on any atom is -0.383 e. The highest BCUT2D eigenvalue weighted by atomic mass is 32.2. The predicted molar refractivity (Wildman–Crippen MR) is 83.3 cm³/mol. The molecule has 0 radical (unpaired) electrons. The highest BCUT2D eigenvalue weighted by Crippen LogP contribution is 2.40. The molecule has 0 aromatic rings. The van der Waals surface area contributed by atoms with E-state index in [2.05, 4.69) is 0 Å². The zero-order valence-electron chi connectivity index (χ0n) is 13.5. The minimum atomic E-state index is -3.52. The number of hydrogen-bond acceptors (Lipinski definition) is 5. The monoisotopic (exact) mass is 344 g/mol. The standard InChI is InChI=1S/C15H24N2O5S/c1-22-10-9-17-13(18)11-23(20,21)15(17)5-7-16(8-6-15)14(19)12-3-2-4-12/h12H,2-11H2,1H3. The van der Waals surface area contributed by atoms with Crippen LogP contribution in [-0.2, 0) is 24.2 Å². The lowest BCUT2D eigenvalue weighted by atomic mass is 9.84. The van der Waals surface area contributed by atoms with E-state index in [1.807, 2.05) is 0 Å². The summed E-state index contributed by atoms with van der Waals surface area (Å²) < 4.78 is 30.2. The van der Waals surface area contributed by atoms with Crippen LogP contribution in [0.2, 0.25) is 0 Å². The number of carbonyl (C=O) groups is 2. The summed E-state index contributed by atoms with van der Waals surface area (Å²) in [6.07, 6.45) is 3.60. The van der Waals surface area contributed by atoms with E-state index in [4.69, 9.17) is 4.74 Å². The molecule has 0 aromatic heterocycles. The average molecular weight is 344 g/mol. The molecule has 130 valence electrons. The first-order valence-corrected chi connectivity index (χ1v) is 9.87. The molecule has 7 nitrogen and oxygen atoms in total. The number of sulfone groups is 1. The molecule has 3 fully saturated rings. The van der Waals surface area contributed by atoms with Crippen molar-refractivity contribution in [1.82, 2.24) is 9.80 Å². The number of rotatable bonds is 4. The van der Waals surface area contributed by atoms with Gasteiger partial charge in [0.1, 0.15) is 10.6 Å². The first kappa shape index (κ1) is 16.7. The molecule has 2 aliphatic heterocycles. The minimum absolute atomic E-state index is 0.121. The number of piperidine rings is 1. The quantitative estimate of drug-likeness (QED) is 0.717. The van der Waals surface area contributed by atoms with Crippen molar-refractivity contribution in [3.8, 4) is 0 Å². The van der Waals surface area contributed by atoms with Crippen molar-refractivity contribution in [3.63, 3.8) is 0 Å². The molecule has 0 bridgehead atoms. The summed E-state index contributed by atoms with van der Waals surface area (Å²) in [6, 6.07) is 0. The molecule has 2 heterocycles. The third kappa shape index (κ3) is 2.65. The van der Waals surface area contributed by atoms with E-state index in [-0.39, 0.29) is 24.3 Å². The zero-order valence-corrected chi connectivity index (χ0v) is 14.3. The highest BCUT2D eigenvalue weighted by molar-refractivity contribution is 7.93. The van der Waals surface area contributed by atoms with E-state index in [0.29, 0.717) is 32.5 Å². The molecule has 2 saturated heterocycles. The molecule has 2 amide bonds. The van der Waals surface area contributed by atoms with Crippen LogP contribution in [0.5, 0.6) is 0 Å². The van der Waals surface area contributed by atoms with Crippen LogP contribution in [0.1, 0.15) is 32.1 Å². The van der Waals surface area contributed by atoms with E-state index in [9.17, 15) is 18.0 Å². The number of nitrogens with zero attached hydrogens (tertiary/aromatic N) is 2. The van der Waals surface area contributed by atoms with Gasteiger partial charge in [0.05, 0.1) is 6.61 Å². The Hall–Kier alpha value is -1.15. The third-order valence-electron chi connectivity index (χ3n) is 5.52. The van der Waals surface area contributed by atoms with E-state index in [1.165, 1.54) is 12.0 Å². The second-order valence-corrected chi connectivity index (χ2v) is 8.97. The lowest BCUT2D eigenvalue weighted by molar-refractivity contribution is -0.141. The van der Waals surface area contributed by atoms with Crippen LogP contribution < -0.4 is 0 Å². The number of ether oxygens (including phenoxy) is 1. The van der Waals surface area contributed by atoms with Gasteiger partial charge in [0.15, 0.2) is 9.84 Å². The summed E-state index contributed by atoms with van der Waals surface area (Å²) in [6.45, 7) is 1.41. The van der Waals surface area contributed by atoms with E-state index < -0.39 is 20.5 Å². The van der Waals surface area contributed by atoms with Gasteiger partial charge in [0, 0.05) is 45.5 Å². The maximum absolute atomic E-state index is 12.6. The van der Waals surface area contributed by atoms with Gasteiger partial charge in [-0.1, -0.05) is 6.42 Å². The second kappa shape index (κ2) is 6.05. The Bertz CT molecular complexity index is 591. The Morgan fingerprint density at radius 3 is 2.48 bits per heavy atom. The van der Waals surface area contributed by atoms with Crippen molar-refractivity contribution in [1.29, 1.82) is 0 Å². The van der Waals surface area contributed by atoms with Gasteiger partial charge >= 0.3 is 0 Å². The highest BCUT2D eigenvalue weighted by Gasteiger charge is 2.58. The van der Waals surface area contributed by atoms with Crippen molar-refractivity contribution in [2.75, 3.05) is 39.1 Å². The topological polar surface area (TPSA) is 84.0 Å². The third-order valence-corrected chi connectivity index (χ3v) is 7.93. The molecular formula is C15H24N2O5S. The van der Waals surface area contributed by atoms with E-state index >= 15 is 0 Å². The Kier molecular flexibility index (Phi) is 4.39. The number of amides is 2. The van der Waals surface area contributed by atoms with Crippen molar-refractivity contribution < 1.29 is 22.7 Å². The largest absolute Gasteiger partial charge is 0.383 e. The molecule has 8 heteroatoms. The summed E-state index contributed by atoms with van der Waals surface area (Å²) in [5.74, 6) is -0.500. The summed E-state index contributed by atoms with van der Waals surface area (Å²) in [5, 5.41) is 0. The van der Waals surface area contributed by atoms with Gasteiger partial charge in [-0.2, -0.15) is 0 Å². The molecule has 1 aliphatic carbocycles. The summed E-state index contributed by atoms with van der Waals surface area (Å²) >= 11 is 0. The molecule has 3 rings (SSSR count). The van der Waals surface area contributed by atoms with E-state index in [0.717, 1.165) is 19.3 Å². The van der Waals surface area contributed by atoms with Gasteiger partial charge in [-0.3, -0.25) is 9.59 Å². The van der Waals surface area contributed by atoms with Gasteiger partial charge in [0.25, 0.3) is 0 Å². The molecule has 1 spiro atoms. The van der Waals surface area contributed by atoms with Crippen molar-refractivity contribution in [2.24, 2.45) is 5.92 Å². The number of hydrogen-bond donors (Lipinski definition) is 0. The first-order chi connectivity index (χ1) is 10.9. The lowest BCUT2D eigenvalue weighted by Crippen LogP contribution is -2.58. The molecule has 0 unspecified atom stereocenters. The smallest absolute Gasteiger partial charge is 0.239 e. The van der Waals surface area contributed by atoms with Crippen LogP contribution in [0.15, 0.2) is 0 Å². The Morgan fingerprint density at radius 2 is 1.96 bits per heavy atom. The second-order valence-electron chi connectivity index (χ2n) is 6.70. The maximum atomic E-state index is 12.6. The lowest BCUT2D eigenvalue weighted by Gasteiger charge is -2.44. The van der Waals surface area contributed by atoms with Gasteiger partial charge in [-0.05, 0) is 12.8 Å². The average Bonchev–Trinajstić information content (AvgIpc) is 2.62. The molecule has 0 N–H and O–H groups in total. The number of methoxy groups -OCH3 is 1. The maximum Gasteiger partial charge on any atom is 0.239 e. The number of carbonyl (C=O) groups excluding carboxylic acids is 2. The number of likely N-dealkylation sites (tertiary alicyclic amines) is 1. The molecule has 3 aliphatic rings. The Labute approximate surface area is 136 Å². The van der Waals surface area contributed by atoms with Crippen LogP contribution in [0.25, 0.3) is 0 Å².